The van der Waals surface area contributed by atoms with Gasteiger partial charge < -0.3 is 0 Å². The molecule has 0 aliphatic heterocycles. The van der Waals surface area contributed by atoms with E-state index < -0.39 is 5.95 Å². The first-order chi connectivity index (χ1) is 9.18. The number of aryl methyl sites for hydroxylation is 1. The van der Waals surface area contributed by atoms with Gasteiger partial charge in [0.2, 0.25) is 5.95 Å². The van der Waals surface area contributed by atoms with Crippen molar-refractivity contribution in [3.8, 4) is 0 Å². The average molecular weight is 274 g/mol. The molecule has 3 aromatic rings. The molecule has 0 saturated heterocycles. The van der Waals surface area contributed by atoms with Gasteiger partial charge in [0.25, 0.3) is 0 Å². The van der Waals surface area contributed by atoms with Crippen LogP contribution >= 0.6 is 11.3 Å². The molecule has 0 saturated carbocycles. The molecule has 1 aliphatic carbocycles. The van der Waals surface area contributed by atoms with E-state index in [0.717, 1.165) is 24.1 Å². The van der Waals surface area contributed by atoms with Crippen LogP contribution in [0.3, 0.4) is 0 Å². The van der Waals surface area contributed by atoms with Crippen LogP contribution in [-0.2, 0) is 11.8 Å². The fraction of sp³-hybridized carbons (Fsp3) is 0.308. The van der Waals surface area contributed by atoms with Crippen molar-refractivity contribution in [1.29, 1.82) is 0 Å². The van der Waals surface area contributed by atoms with E-state index in [1.165, 1.54) is 10.9 Å². The van der Waals surface area contributed by atoms with Gasteiger partial charge in [-0.25, -0.2) is 9.50 Å². The summed E-state index contributed by atoms with van der Waals surface area (Å²) in [6.07, 6.45) is 5.66. The molecule has 3 heterocycles. The van der Waals surface area contributed by atoms with Crippen molar-refractivity contribution in [2.24, 2.45) is 0 Å². The van der Waals surface area contributed by atoms with Crippen LogP contribution in [0, 0.1) is 5.95 Å². The van der Waals surface area contributed by atoms with Crippen LogP contribution in [0.2, 0.25) is 0 Å². The number of aromatic nitrogens is 4. The third kappa shape index (κ3) is 1.40. The third-order valence-electron chi connectivity index (χ3n) is 3.92. The average Bonchev–Trinajstić information content (AvgIpc) is 3.07. The van der Waals surface area contributed by atoms with Crippen molar-refractivity contribution < 1.29 is 4.39 Å². The van der Waals surface area contributed by atoms with Gasteiger partial charge in [-0.3, -0.25) is 4.98 Å². The molecule has 96 valence electrons. The quantitative estimate of drug-likeness (QED) is 0.685. The maximum Gasteiger partial charge on any atom is 0.235 e. The molecule has 0 N–H and O–H groups in total. The fourth-order valence-electron chi connectivity index (χ4n) is 2.94. The van der Waals surface area contributed by atoms with Crippen LogP contribution < -0.4 is 0 Å². The highest BCUT2D eigenvalue weighted by atomic mass is 32.1. The first kappa shape index (κ1) is 11.0. The Labute approximate surface area is 112 Å². The number of hydrogen-bond donors (Lipinski definition) is 0. The summed E-state index contributed by atoms with van der Waals surface area (Å²) in [5, 5.41) is 3.96. The maximum atomic E-state index is 13.4. The maximum absolute atomic E-state index is 13.4. The summed E-state index contributed by atoms with van der Waals surface area (Å²) in [6.45, 7) is 2.17. The lowest BCUT2D eigenvalue weighted by molar-refractivity contribution is 0.527. The summed E-state index contributed by atoms with van der Waals surface area (Å²) in [5.74, 6) is -0.487. The number of thiazole rings is 1. The topological polar surface area (TPSA) is 43.1 Å². The van der Waals surface area contributed by atoms with Gasteiger partial charge in [-0.05, 0) is 25.3 Å². The minimum absolute atomic E-state index is 0.157. The lowest BCUT2D eigenvalue weighted by Gasteiger charge is -2.23. The third-order valence-corrected chi connectivity index (χ3v) is 4.96. The summed E-state index contributed by atoms with van der Waals surface area (Å²) in [7, 11) is 0. The van der Waals surface area contributed by atoms with E-state index in [4.69, 9.17) is 0 Å². The minimum Gasteiger partial charge on any atom is -0.253 e. The first-order valence-electron chi connectivity index (χ1n) is 6.11. The Hall–Kier alpha value is -1.82. The molecule has 0 amide bonds. The molecule has 0 spiro atoms. The fourth-order valence-corrected chi connectivity index (χ4v) is 3.76. The number of rotatable bonds is 1. The Morgan fingerprint density at radius 2 is 2.32 bits per heavy atom. The summed E-state index contributed by atoms with van der Waals surface area (Å²) in [6, 6.07) is 1.37. The molecule has 1 atom stereocenters. The van der Waals surface area contributed by atoms with Crippen molar-refractivity contribution in [2.75, 3.05) is 0 Å². The van der Waals surface area contributed by atoms with Crippen molar-refractivity contribution >= 4 is 17.0 Å². The van der Waals surface area contributed by atoms with Crippen molar-refractivity contribution in [3.63, 3.8) is 0 Å². The highest BCUT2D eigenvalue weighted by Crippen LogP contribution is 2.44. The second-order valence-electron chi connectivity index (χ2n) is 5.07. The van der Waals surface area contributed by atoms with Gasteiger partial charge in [0.1, 0.15) is 0 Å². The van der Waals surface area contributed by atoms with Crippen LogP contribution in [0.1, 0.15) is 29.5 Å². The van der Waals surface area contributed by atoms with Gasteiger partial charge in [-0.15, -0.1) is 16.4 Å². The number of fused-ring (bicyclic) bond motifs is 3. The van der Waals surface area contributed by atoms with Crippen LogP contribution in [0.25, 0.3) is 5.65 Å². The van der Waals surface area contributed by atoms with Gasteiger partial charge in [-0.1, -0.05) is 0 Å². The Kier molecular flexibility index (Phi) is 2.09. The molecule has 1 aliphatic rings. The number of nitrogens with zero attached hydrogens (tertiary/aromatic N) is 4. The smallest absolute Gasteiger partial charge is 0.235 e. The molecule has 6 heteroatoms. The van der Waals surface area contributed by atoms with Gasteiger partial charge in [0.05, 0.1) is 11.2 Å². The molecule has 3 aromatic heterocycles. The number of hydrogen-bond acceptors (Lipinski definition) is 4. The Morgan fingerprint density at radius 3 is 3.11 bits per heavy atom. The molecule has 0 aromatic carbocycles. The molecule has 0 radical (unpaired) electrons. The van der Waals surface area contributed by atoms with Crippen LogP contribution in [0.5, 0.6) is 0 Å². The molecule has 1 unspecified atom stereocenters. The lowest BCUT2D eigenvalue weighted by Crippen LogP contribution is -2.22. The van der Waals surface area contributed by atoms with E-state index in [9.17, 15) is 4.39 Å². The van der Waals surface area contributed by atoms with E-state index in [1.807, 2.05) is 17.9 Å². The van der Waals surface area contributed by atoms with Crippen molar-refractivity contribution in [1.82, 2.24) is 19.6 Å². The van der Waals surface area contributed by atoms with Gasteiger partial charge in [0.15, 0.2) is 5.65 Å². The van der Waals surface area contributed by atoms with E-state index in [0.29, 0.717) is 5.65 Å². The van der Waals surface area contributed by atoms with E-state index in [-0.39, 0.29) is 5.41 Å². The van der Waals surface area contributed by atoms with Crippen molar-refractivity contribution in [2.45, 2.75) is 25.2 Å². The second-order valence-corrected chi connectivity index (χ2v) is 5.95. The zero-order valence-electron chi connectivity index (χ0n) is 10.3. The van der Waals surface area contributed by atoms with Crippen LogP contribution in [0.4, 0.5) is 4.39 Å². The SMILES string of the molecule is CC1(c2cncs2)CCc2cnc3cc(F)nn3c21. The first-order valence-corrected chi connectivity index (χ1v) is 6.99. The van der Waals surface area contributed by atoms with E-state index >= 15 is 0 Å². The highest BCUT2D eigenvalue weighted by Gasteiger charge is 2.40. The zero-order chi connectivity index (χ0) is 13.0. The molecule has 4 nitrogen and oxygen atoms in total. The van der Waals surface area contributed by atoms with Crippen molar-refractivity contribution in [3.05, 3.63) is 46.1 Å². The summed E-state index contributed by atoms with van der Waals surface area (Å²) in [5.41, 5.74) is 4.43. The largest absolute Gasteiger partial charge is 0.253 e. The molecule has 0 fully saturated rings. The Balaban J connectivity index is 2.06. The molecule has 0 bridgehead atoms. The molecule has 19 heavy (non-hydrogen) atoms. The predicted molar refractivity (Wildman–Crippen MR) is 69.8 cm³/mol. The summed E-state index contributed by atoms with van der Waals surface area (Å²) >= 11 is 1.63. The standard InChI is InChI=1S/C13H11FN4S/c1-13(9-6-15-7-19-9)3-2-8-5-16-11-4-10(14)17-18(11)12(8)13/h4-7H,2-3H2,1H3. The Bertz CT molecular complexity index is 764. The Morgan fingerprint density at radius 1 is 1.42 bits per heavy atom. The lowest BCUT2D eigenvalue weighted by atomic mass is 9.86. The summed E-state index contributed by atoms with van der Waals surface area (Å²) < 4.78 is 15.1. The minimum atomic E-state index is -0.487. The van der Waals surface area contributed by atoms with E-state index in [2.05, 4.69) is 22.0 Å². The van der Waals surface area contributed by atoms with Crippen LogP contribution in [0.15, 0.2) is 24.0 Å². The number of halogens is 1. The normalized spacial score (nSPS) is 22.0. The zero-order valence-corrected chi connectivity index (χ0v) is 11.1. The van der Waals surface area contributed by atoms with E-state index in [1.54, 1.807) is 15.9 Å². The molecule has 4 rings (SSSR count). The predicted octanol–water partition coefficient (Wildman–Crippen LogP) is 2.58. The highest BCUT2D eigenvalue weighted by molar-refractivity contribution is 7.09. The van der Waals surface area contributed by atoms with Crippen LogP contribution in [-0.4, -0.2) is 19.6 Å². The molecular weight excluding hydrogens is 263 g/mol. The van der Waals surface area contributed by atoms with Gasteiger partial charge in [-0.2, -0.15) is 4.39 Å². The summed E-state index contributed by atoms with van der Waals surface area (Å²) in [4.78, 5) is 9.63. The molecular formula is C13H11FN4S. The van der Waals surface area contributed by atoms with Gasteiger partial charge in [0, 0.05) is 28.8 Å². The second kappa shape index (κ2) is 3.60. The monoisotopic (exact) mass is 274 g/mol. The van der Waals surface area contributed by atoms with Gasteiger partial charge >= 0.3 is 0 Å².